The molecule has 0 aliphatic carbocycles. The molecule has 0 unspecified atom stereocenters. The van der Waals surface area contributed by atoms with Gasteiger partial charge in [-0.05, 0) is 48.5 Å². The van der Waals surface area contributed by atoms with E-state index in [0.29, 0.717) is 29.1 Å². The molecule has 1 amide bonds. The van der Waals surface area contributed by atoms with E-state index in [1.807, 2.05) is 4.57 Å². The van der Waals surface area contributed by atoms with Gasteiger partial charge in [0.1, 0.15) is 23.3 Å². The summed E-state index contributed by atoms with van der Waals surface area (Å²) in [5.74, 6) is 0.165. The van der Waals surface area contributed by atoms with Crippen molar-refractivity contribution in [3.63, 3.8) is 0 Å². The van der Waals surface area contributed by atoms with Crippen LogP contribution in [0.1, 0.15) is 5.56 Å². The van der Waals surface area contributed by atoms with Crippen LogP contribution in [0.4, 0.5) is 24.7 Å². The predicted octanol–water partition coefficient (Wildman–Crippen LogP) is 5.25. The number of anilines is 2. The topological polar surface area (TPSA) is 131 Å². The average Bonchev–Trinajstić information content (AvgIpc) is 3.29. The molecule has 0 bridgehead atoms. The van der Waals surface area contributed by atoms with E-state index >= 15 is 0 Å². The van der Waals surface area contributed by atoms with Crippen LogP contribution >= 0.6 is 11.6 Å². The van der Waals surface area contributed by atoms with Crippen LogP contribution in [0.25, 0.3) is 11.0 Å². The van der Waals surface area contributed by atoms with Crippen molar-refractivity contribution < 1.29 is 22.7 Å². The number of alkyl halides is 3. The standard InChI is InChI=1S/C25H21ClF3N7O2/c26-18-13-16(4-5-21(18)38-17-3-1-2-15(12-17)25(27,28)29)35-23-22-20(33-14-34-23)7-10-36(22)11-9-32-24(37)19(31)6-8-30/h1-8,10,12-14,30H,9,11,31H2,(H,32,37)(H,33,34,35). The van der Waals surface area contributed by atoms with Crippen molar-refractivity contribution in [3.8, 4) is 11.5 Å². The molecule has 0 aliphatic heterocycles. The second kappa shape index (κ2) is 11.2. The number of nitrogens with zero attached hydrogens (tertiary/aromatic N) is 3. The molecule has 0 aliphatic rings. The lowest BCUT2D eigenvalue weighted by atomic mass is 10.2. The summed E-state index contributed by atoms with van der Waals surface area (Å²) in [4.78, 5) is 20.5. The van der Waals surface area contributed by atoms with Gasteiger partial charge in [0.15, 0.2) is 5.82 Å². The van der Waals surface area contributed by atoms with E-state index in [0.717, 1.165) is 18.3 Å². The van der Waals surface area contributed by atoms with Gasteiger partial charge in [0.05, 0.1) is 21.8 Å². The number of rotatable bonds is 9. The van der Waals surface area contributed by atoms with Crippen molar-refractivity contribution in [2.45, 2.75) is 12.7 Å². The van der Waals surface area contributed by atoms with E-state index in [1.54, 1.807) is 24.4 Å². The third-order valence-corrected chi connectivity index (χ3v) is 5.59. The third kappa shape index (κ3) is 6.21. The molecule has 0 fully saturated rings. The smallest absolute Gasteiger partial charge is 0.416 e. The summed E-state index contributed by atoms with van der Waals surface area (Å²) >= 11 is 6.36. The lowest BCUT2D eigenvalue weighted by Crippen LogP contribution is -2.31. The number of nitrogens with two attached hydrogens (primary N) is 1. The van der Waals surface area contributed by atoms with Gasteiger partial charge in [0.2, 0.25) is 0 Å². The Morgan fingerprint density at radius 1 is 1.18 bits per heavy atom. The predicted molar refractivity (Wildman–Crippen MR) is 138 cm³/mol. The highest BCUT2D eigenvalue weighted by molar-refractivity contribution is 6.32. The Labute approximate surface area is 219 Å². The van der Waals surface area contributed by atoms with Gasteiger partial charge in [-0.3, -0.25) is 4.79 Å². The number of hydrogen-bond acceptors (Lipinski definition) is 7. The summed E-state index contributed by atoms with van der Waals surface area (Å²) in [6, 6.07) is 11.1. The van der Waals surface area contributed by atoms with Crippen molar-refractivity contribution >= 4 is 46.3 Å². The zero-order valence-electron chi connectivity index (χ0n) is 19.6. The fraction of sp³-hybridized carbons (Fsp3) is 0.120. The molecule has 0 atom stereocenters. The van der Waals surface area contributed by atoms with Crippen LogP contribution in [-0.4, -0.2) is 33.2 Å². The monoisotopic (exact) mass is 543 g/mol. The van der Waals surface area contributed by atoms with E-state index < -0.39 is 17.6 Å². The molecule has 196 valence electrons. The fourth-order valence-electron chi connectivity index (χ4n) is 3.53. The summed E-state index contributed by atoms with van der Waals surface area (Å²) < 4.78 is 46.4. The largest absolute Gasteiger partial charge is 0.456 e. The Morgan fingerprint density at radius 2 is 2.00 bits per heavy atom. The van der Waals surface area contributed by atoms with E-state index in [4.69, 9.17) is 27.5 Å². The van der Waals surface area contributed by atoms with Gasteiger partial charge in [-0.25, -0.2) is 9.97 Å². The number of carbonyl (C=O) groups is 1. The molecule has 4 rings (SSSR count). The number of benzene rings is 2. The Balaban J connectivity index is 1.49. The second-order valence-corrected chi connectivity index (χ2v) is 8.31. The summed E-state index contributed by atoms with van der Waals surface area (Å²) in [7, 11) is 0. The maximum Gasteiger partial charge on any atom is 0.416 e. The van der Waals surface area contributed by atoms with Gasteiger partial charge < -0.3 is 31.1 Å². The quantitative estimate of drug-likeness (QED) is 0.168. The van der Waals surface area contributed by atoms with Crippen LogP contribution in [-0.2, 0) is 17.5 Å². The molecule has 2 heterocycles. The summed E-state index contributed by atoms with van der Waals surface area (Å²) in [6.07, 6.45) is 0.824. The van der Waals surface area contributed by atoms with Crippen LogP contribution in [0.5, 0.6) is 11.5 Å². The van der Waals surface area contributed by atoms with E-state index in [9.17, 15) is 18.0 Å². The van der Waals surface area contributed by atoms with Crippen molar-refractivity contribution in [2.24, 2.45) is 5.73 Å². The fourth-order valence-corrected chi connectivity index (χ4v) is 3.75. The van der Waals surface area contributed by atoms with Gasteiger partial charge in [-0.2, -0.15) is 13.2 Å². The highest BCUT2D eigenvalue weighted by Gasteiger charge is 2.30. The highest BCUT2D eigenvalue weighted by Crippen LogP contribution is 2.36. The average molecular weight is 544 g/mol. The summed E-state index contributed by atoms with van der Waals surface area (Å²) in [6.45, 7) is 0.649. The molecule has 38 heavy (non-hydrogen) atoms. The Bertz CT molecular complexity index is 1520. The second-order valence-electron chi connectivity index (χ2n) is 7.91. The minimum Gasteiger partial charge on any atom is -0.456 e. The van der Waals surface area contributed by atoms with Crippen LogP contribution in [0.2, 0.25) is 5.02 Å². The zero-order chi connectivity index (χ0) is 27.3. The van der Waals surface area contributed by atoms with Crippen LogP contribution in [0, 0.1) is 5.41 Å². The van der Waals surface area contributed by atoms with E-state index in [1.165, 1.54) is 30.6 Å². The Morgan fingerprint density at radius 3 is 2.74 bits per heavy atom. The van der Waals surface area contributed by atoms with E-state index in [2.05, 4.69) is 20.6 Å². The first-order chi connectivity index (χ1) is 18.2. The number of fused-ring (bicyclic) bond motifs is 1. The number of aromatic nitrogens is 3. The van der Waals surface area contributed by atoms with Crippen LogP contribution in [0.15, 0.2) is 72.8 Å². The van der Waals surface area contributed by atoms with Crippen LogP contribution < -0.4 is 21.1 Å². The number of allylic oxidation sites excluding steroid dienone is 1. The maximum absolute atomic E-state index is 13.0. The molecule has 2 aromatic carbocycles. The zero-order valence-corrected chi connectivity index (χ0v) is 20.3. The van der Waals surface area contributed by atoms with Crippen molar-refractivity contribution in [1.29, 1.82) is 5.41 Å². The molecule has 0 spiro atoms. The lowest BCUT2D eigenvalue weighted by Gasteiger charge is -2.13. The number of carbonyl (C=O) groups excluding carboxylic acids is 1. The van der Waals surface area contributed by atoms with E-state index in [-0.39, 0.29) is 28.8 Å². The van der Waals surface area contributed by atoms with Crippen molar-refractivity contribution in [2.75, 3.05) is 11.9 Å². The SMILES string of the molecule is N=CC=C(N)C(=O)NCCn1ccc2ncnc(Nc3ccc(Oc4cccc(C(F)(F)F)c4)c(Cl)c3)c21. The number of nitrogens with one attached hydrogen (secondary N) is 3. The normalized spacial score (nSPS) is 11.8. The molecule has 13 heteroatoms. The molecule has 9 nitrogen and oxygen atoms in total. The molecule has 0 saturated carbocycles. The van der Waals surface area contributed by atoms with Crippen LogP contribution in [0.3, 0.4) is 0 Å². The van der Waals surface area contributed by atoms with Gasteiger partial charge in [-0.15, -0.1) is 0 Å². The molecule has 4 aromatic rings. The number of halogens is 4. The molecular formula is C25H21ClF3N7O2. The lowest BCUT2D eigenvalue weighted by molar-refractivity contribution is -0.137. The minimum atomic E-state index is -4.49. The first kappa shape index (κ1) is 26.5. The maximum atomic E-state index is 13.0. The van der Waals surface area contributed by atoms with Crippen molar-refractivity contribution in [1.82, 2.24) is 19.9 Å². The Hall–Kier alpha value is -4.58. The molecular weight excluding hydrogens is 523 g/mol. The Kier molecular flexibility index (Phi) is 7.82. The van der Waals surface area contributed by atoms with Gasteiger partial charge in [-0.1, -0.05) is 17.7 Å². The summed E-state index contributed by atoms with van der Waals surface area (Å²) in [5, 5.41) is 13.0. The summed E-state index contributed by atoms with van der Waals surface area (Å²) in [5.41, 5.74) is 6.56. The number of amides is 1. The first-order valence-corrected chi connectivity index (χ1v) is 11.5. The minimum absolute atomic E-state index is 0.0000611. The molecule has 0 radical (unpaired) electrons. The molecule has 5 N–H and O–H groups in total. The van der Waals surface area contributed by atoms with Crippen molar-refractivity contribution in [3.05, 3.63) is 83.4 Å². The molecule has 0 saturated heterocycles. The van der Waals surface area contributed by atoms with Gasteiger partial charge in [0, 0.05) is 31.2 Å². The number of ether oxygens (including phenoxy) is 1. The third-order valence-electron chi connectivity index (χ3n) is 5.30. The van der Waals surface area contributed by atoms with Gasteiger partial charge >= 0.3 is 6.18 Å². The highest BCUT2D eigenvalue weighted by atomic mass is 35.5. The van der Waals surface area contributed by atoms with Gasteiger partial charge in [0.25, 0.3) is 5.91 Å². The number of hydrogen-bond donors (Lipinski definition) is 4. The molecule has 2 aromatic heterocycles. The first-order valence-electron chi connectivity index (χ1n) is 11.1.